The first-order valence-corrected chi connectivity index (χ1v) is 12.2. The van der Waals surface area contributed by atoms with Crippen LogP contribution >= 0.6 is 23.1 Å². The van der Waals surface area contributed by atoms with Gasteiger partial charge in [0.2, 0.25) is 0 Å². The van der Waals surface area contributed by atoms with E-state index in [1.165, 1.54) is 11.3 Å². The molecule has 1 amide bonds. The third-order valence-corrected chi connectivity index (χ3v) is 6.46. The summed E-state index contributed by atoms with van der Waals surface area (Å²) >= 11 is 2.96. The molecule has 0 saturated carbocycles. The van der Waals surface area contributed by atoms with Gasteiger partial charge in [0.15, 0.2) is 21.9 Å². The number of ether oxygens (including phenoxy) is 2. The largest absolute Gasteiger partial charge is 0.490 e. The quantitative estimate of drug-likeness (QED) is 0.283. The SMILES string of the molecule is CCOC(=O)Cn1c(=NC(=O)c2cc3cccc(OCC)c3o2)sc2cc(SC)ccc21. The second-order valence-electron chi connectivity index (χ2n) is 6.74. The van der Waals surface area contributed by atoms with Gasteiger partial charge in [-0.05, 0) is 50.4 Å². The van der Waals surface area contributed by atoms with E-state index in [1.54, 1.807) is 35.4 Å². The molecule has 0 radical (unpaired) electrons. The van der Waals surface area contributed by atoms with Crippen LogP contribution in [0.4, 0.5) is 0 Å². The molecular weight excluding hydrogens is 448 g/mol. The Bertz CT molecular complexity index is 1370. The fraction of sp³-hybridized carbons (Fsp3) is 0.261. The maximum atomic E-state index is 13.0. The van der Waals surface area contributed by atoms with Crippen LogP contribution in [0.2, 0.25) is 0 Å². The van der Waals surface area contributed by atoms with Gasteiger partial charge in [0.25, 0.3) is 0 Å². The molecule has 0 bridgehead atoms. The van der Waals surface area contributed by atoms with Crippen LogP contribution in [0, 0.1) is 0 Å². The lowest BCUT2D eigenvalue weighted by Crippen LogP contribution is -2.23. The maximum absolute atomic E-state index is 13.0. The molecule has 0 atom stereocenters. The van der Waals surface area contributed by atoms with Gasteiger partial charge in [-0.3, -0.25) is 9.59 Å². The van der Waals surface area contributed by atoms with Gasteiger partial charge >= 0.3 is 11.9 Å². The molecule has 0 fully saturated rings. The predicted octanol–water partition coefficient (Wildman–Crippen LogP) is 4.87. The highest BCUT2D eigenvalue weighted by atomic mass is 32.2. The average molecular weight is 471 g/mol. The van der Waals surface area contributed by atoms with Gasteiger partial charge in [0, 0.05) is 10.3 Å². The van der Waals surface area contributed by atoms with Crippen molar-refractivity contribution in [3.8, 4) is 5.75 Å². The Kier molecular flexibility index (Phi) is 6.66. The van der Waals surface area contributed by atoms with Crippen LogP contribution in [-0.2, 0) is 16.1 Å². The number of thioether (sulfide) groups is 1. The molecule has 166 valence electrons. The number of hydrogen-bond acceptors (Lipinski definition) is 7. The lowest BCUT2D eigenvalue weighted by Gasteiger charge is -2.05. The van der Waals surface area contributed by atoms with Gasteiger partial charge < -0.3 is 18.5 Å². The van der Waals surface area contributed by atoms with Crippen molar-refractivity contribution >= 4 is 56.2 Å². The van der Waals surface area contributed by atoms with Crippen LogP contribution in [0.3, 0.4) is 0 Å². The number of carbonyl (C=O) groups excluding carboxylic acids is 2. The highest BCUT2D eigenvalue weighted by Gasteiger charge is 2.17. The van der Waals surface area contributed by atoms with E-state index in [0.29, 0.717) is 22.7 Å². The number of esters is 1. The van der Waals surface area contributed by atoms with Crippen molar-refractivity contribution in [2.45, 2.75) is 25.3 Å². The molecule has 4 aromatic rings. The zero-order valence-corrected chi connectivity index (χ0v) is 19.5. The highest BCUT2D eigenvalue weighted by Crippen LogP contribution is 2.29. The number of para-hydroxylation sites is 1. The summed E-state index contributed by atoms with van der Waals surface area (Å²) < 4.78 is 19.1. The molecule has 7 nitrogen and oxygen atoms in total. The number of hydrogen-bond donors (Lipinski definition) is 0. The van der Waals surface area contributed by atoms with Crippen LogP contribution in [0.5, 0.6) is 5.75 Å². The zero-order valence-electron chi connectivity index (χ0n) is 17.9. The number of amides is 1. The van der Waals surface area contributed by atoms with E-state index in [-0.39, 0.29) is 24.9 Å². The maximum Gasteiger partial charge on any atom is 0.326 e. The number of fused-ring (bicyclic) bond motifs is 2. The van der Waals surface area contributed by atoms with Crippen LogP contribution in [0.25, 0.3) is 21.2 Å². The number of rotatable bonds is 7. The van der Waals surface area contributed by atoms with Crippen molar-refractivity contribution in [2.24, 2.45) is 4.99 Å². The molecule has 2 heterocycles. The molecule has 0 spiro atoms. The van der Waals surface area contributed by atoms with E-state index in [9.17, 15) is 9.59 Å². The van der Waals surface area contributed by atoms with Crippen LogP contribution in [-0.4, -0.2) is 35.9 Å². The van der Waals surface area contributed by atoms with Crippen molar-refractivity contribution in [2.75, 3.05) is 19.5 Å². The third kappa shape index (κ3) is 4.44. The topological polar surface area (TPSA) is 83.0 Å². The molecular formula is C23H22N2O5S2. The van der Waals surface area contributed by atoms with Crippen molar-refractivity contribution in [1.82, 2.24) is 4.57 Å². The van der Waals surface area contributed by atoms with Crippen LogP contribution < -0.4 is 9.54 Å². The lowest BCUT2D eigenvalue weighted by molar-refractivity contribution is -0.143. The molecule has 0 aliphatic rings. The summed E-state index contributed by atoms with van der Waals surface area (Å²) in [5.74, 6) is -0.233. The predicted molar refractivity (Wildman–Crippen MR) is 126 cm³/mol. The summed E-state index contributed by atoms with van der Waals surface area (Å²) in [4.78, 5) is 31.0. The summed E-state index contributed by atoms with van der Waals surface area (Å²) in [6, 6.07) is 13.1. The molecule has 2 aromatic heterocycles. The molecule has 0 aliphatic heterocycles. The summed E-state index contributed by atoms with van der Waals surface area (Å²) in [5.41, 5.74) is 1.32. The first-order chi connectivity index (χ1) is 15.5. The average Bonchev–Trinajstić information content (AvgIpc) is 3.36. The van der Waals surface area contributed by atoms with E-state index in [4.69, 9.17) is 13.9 Å². The van der Waals surface area contributed by atoms with Gasteiger partial charge in [-0.2, -0.15) is 4.99 Å². The van der Waals surface area contributed by atoms with Crippen molar-refractivity contribution in [3.05, 3.63) is 53.0 Å². The van der Waals surface area contributed by atoms with E-state index in [2.05, 4.69) is 4.99 Å². The van der Waals surface area contributed by atoms with E-state index < -0.39 is 5.91 Å². The van der Waals surface area contributed by atoms with Gasteiger partial charge in [-0.15, -0.1) is 11.8 Å². The van der Waals surface area contributed by atoms with Gasteiger partial charge in [-0.25, -0.2) is 0 Å². The third-order valence-electron chi connectivity index (χ3n) is 4.70. The first kappa shape index (κ1) is 22.2. The van der Waals surface area contributed by atoms with Crippen LogP contribution in [0.15, 0.2) is 56.8 Å². The van der Waals surface area contributed by atoms with Gasteiger partial charge in [0.1, 0.15) is 6.54 Å². The molecule has 9 heteroatoms. The van der Waals surface area contributed by atoms with Gasteiger partial charge in [0.05, 0.1) is 23.4 Å². The zero-order chi connectivity index (χ0) is 22.7. The number of aromatic nitrogens is 1. The second kappa shape index (κ2) is 9.62. The number of nitrogens with zero attached hydrogens (tertiary/aromatic N) is 2. The molecule has 0 N–H and O–H groups in total. The number of furan rings is 1. The lowest BCUT2D eigenvalue weighted by atomic mass is 10.2. The normalized spacial score (nSPS) is 11.9. The number of carbonyl (C=O) groups is 2. The molecule has 0 saturated heterocycles. The van der Waals surface area contributed by atoms with Crippen molar-refractivity contribution in [1.29, 1.82) is 0 Å². The van der Waals surface area contributed by atoms with Crippen molar-refractivity contribution < 1.29 is 23.5 Å². The first-order valence-electron chi connectivity index (χ1n) is 10.1. The minimum Gasteiger partial charge on any atom is -0.490 e. The van der Waals surface area contributed by atoms with Crippen LogP contribution in [0.1, 0.15) is 24.4 Å². The Balaban J connectivity index is 1.79. The summed E-state index contributed by atoms with van der Waals surface area (Å²) in [7, 11) is 0. The second-order valence-corrected chi connectivity index (χ2v) is 8.63. The molecule has 0 unspecified atom stereocenters. The monoisotopic (exact) mass is 470 g/mol. The Morgan fingerprint density at radius 1 is 1.16 bits per heavy atom. The molecule has 32 heavy (non-hydrogen) atoms. The summed E-state index contributed by atoms with van der Waals surface area (Å²) in [6.45, 7) is 4.38. The van der Waals surface area contributed by atoms with Crippen molar-refractivity contribution in [3.63, 3.8) is 0 Å². The Morgan fingerprint density at radius 2 is 2.00 bits per heavy atom. The highest BCUT2D eigenvalue weighted by molar-refractivity contribution is 7.98. The smallest absolute Gasteiger partial charge is 0.326 e. The molecule has 2 aromatic carbocycles. The fourth-order valence-corrected chi connectivity index (χ4v) is 4.89. The van der Waals surface area contributed by atoms with E-state index in [0.717, 1.165) is 20.5 Å². The van der Waals surface area contributed by atoms with E-state index >= 15 is 0 Å². The summed E-state index contributed by atoms with van der Waals surface area (Å²) in [6.07, 6.45) is 1.99. The minimum absolute atomic E-state index is 0.0345. The summed E-state index contributed by atoms with van der Waals surface area (Å²) in [5, 5.41) is 0.759. The Labute approximate surface area is 192 Å². The van der Waals surface area contributed by atoms with E-state index in [1.807, 2.05) is 43.5 Å². The fourth-order valence-electron chi connectivity index (χ4n) is 3.31. The Morgan fingerprint density at radius 3 is 2.75 bits per heavy atom. The number of benzene rings is 2. The van der Waals surface area contributed by atoms with Gasteiger partial charge in [-0.1, -0.05) is 23.5 Å². The molecule has 0 aliphatic carbocycles. The number of thiazole rings is 1. The molecule has 4 rings (SSSR count). The standard InChI is InChI=1S/C23H22N2O5S2/c1-4-28-17-8-6-7-14-11-18(30-21(14)17)22(27)24-23-25(13-20(26)29-5-2)16-10-9-15(31-3)12-19(16)32-23/h6-12H,4-5,13H2,1-3H3. The minimum atomic E-state index is -0.530. The Hall–Kier alpha value is -3.04.